The molecule has 0 fully saturated rings. The van der Waals surface area contributed by atoms with Gasteiger partial charge in [0.15, 0.2) is 0 Å². The van der Waals surface area contributed by atoms with E-state index in [1.165, 1.54) is 11.1 Å². The molecule has 0 spiro atoms. The Morgan fingerprint density at radius 3 is 3.11 bits per heavy atom. The fourth-order valence-electron chi connectivity index (χ4n) is 2.40. The lowest BCUT2D eigenvalue weighted by atomic mass is 10.0. The molecule has 0 saturated carbocycles. The van der Waals surface area contributed by atoms with Crippen LogP contribution in [0, 0.1) is 5.92 Å². The molecule has 1 aliphatic heterocycles. The second-order valence-electron chi connectivity index (χ2n) is 4.96. The molecule has 1 heterocycles. The van der Waals surface area contributed by atoms with Gasteiger partial charge in [0.1, 0.15) is 5.75 Å². The number of benzene rings is 1. The SMILES string of the molecule is CCC(CCO)CNCc1ccc2c(c1)CCO2. The van der Waals surface area contributed by atoms with E-state index < -0.39 is 0 Å². The van der Waals surface area contributed by atoms with Crippen molar-refractivity contribution in [3.05, 3.63) is 29.3 Å². The van der Waals surface area contributed by atoms with Gasteiger partial charge in [-0.05, 0) is 36.1 Å². The molecule has 0 aromatic heterocycles. The Bertz CT molecular complexity index is 379. The molecule has 0 radical (unpaired) electrons. The van der Waals surface area contributed by atoms with Crippen LogP contribution < -0.4 is 10.1 Å². The smallest absolute Gasteiger partial charge is 0.122 e. The number of aliphatic hydroxyl groups excluding tert-OH is 1. The predicted octanol–water partition coefficient (Wildman–Crippen LogP) is 2.12. The van der Waals surface area contributed by atoms with Crippen LogP contribution in [0.4, 0.5) is 0 Å². The zero-order chi connectivity index (χ0) is 12.8. The number of hydrogen-bond donors (Lipinski definition) is 2. The Balaban J connectivity index is 1.79. The summed E-state index contributed by atoms with van der Waals surface area (Å²) in [4.78, 5) is 0. The lowest BCUT2D eigenvalue weighted by molar-refractivity contribution is 0.251. The molecular weight excluding hydrogens is 226 g/mol. The van der Waals surface area contributed by atoms with Gasteiger partial charge in [-0.2, -0.15) is 0 Å². The van der Waals surface area contributed by atoms with Crippen molar-refractivity contribution in [2.45, 2.75) is 32.7 Å². The Hall–Kier alpha value is -1.06. The van der Waals surface area contributed by atoms with Gasteiger partial charge in [0.25, 0.3) is 0 Å². The number of hydrogen-bond acceptors (Lipinski definition) is 3. The average molecular weight is 249 g/mol. The van der Waals surface area contributed by atoms with Crippen molar-refractivity contribution in [2.24, 2.45) is 5.92 Å². The number of aliphatic hydroxyl groups is 1. The highest BCUT2D eigenvalue weighted by atomic mass is 16.5. The first kappa shape index (κ1) is 13.4. The average Bonchev–Trinajstić information content (AvgIpc) is 2.85. The van der Waals surface area contributed by atoms with Gasteiger partial charge in [-0.15, -0.1) is 0 Å². The van der Waals surface area contributed by atoms with Crippen LogP contribution >= 0.6 is 0 Å². The van der Waals surface area contributed by atoms with E-state index >= 15 is 0 Å². The van der Waals surface area contributed by atoms with Crippen LogP contribution in [0.25, 0.3) is 0 Å². The number of ether oxygens (including phenoxy) is 1. The Morgan fingerprint density at radius 2 is 2.33 bits per heavy atom. The minimum absolute atomic E-state index is 0.288. The van der Waals surface area contributed by atoms with E-state index in [0.29, 0.717) is 5.92 Å². The summed E-state index contributed by atoms with van der Waals surface area (Å²) in [6.45, 7) is 5.16. The van der Waals surface area contributed by atoms with Gasteiger partial charge in [-0.25, -0.2) is 0 Å². The third-order valence-corrected chi connectivity index (χ3v) is 3.63. The standard InChI is InChI=1S/C15H23NO2/c1-2-12(5-7-17)10-16-11-13-3-4-15-14(9-13)6-8-18-15/h3-4,9,12,16-17H,2,5-8,10-11H2,1H3. The van der Waals surface area contributed by atoms with Crippen LogP contribution in [0.15, 0.2) is 18.2 Å². The zero-order valence-corrected chi connectivity index (χ0v) is 11.1. The van der Waals surface area contributed by atoms with Crippen molar-refractivity contribution < 1.29 is 9.84 Å². The summed E-state index contributed by atoms with van der Waals surface area (Å²) in [5.74, 6) is 1.62. The molecule has 18 heavy (non-hydrogen) atoms. The molecule has 1 aliphatic rings. The van der Waals surface area contributed by atoms with Crippen LogP contribution in [-0.4, -0.2) is 24.9 Å². The van der Waals surface area contributed by atoms with Crippen molar-refractivity contribution in [1.29, 1.82) is 0 Å². The van der Waals surface area contributed by atoms with Gasteiger partial charge in [-0.1, -0.05) is 25.5 Å². The summed E-state index contributed by atoms with van der Waals surface area (Å²) in [6, 6.07) is 6.44. The van der Waals surface area contributed by atoms with Gasteiger partial charge in [-0.3, -0.25) is 0 Å². The molecule has 1 unspecified atom stereocenters. The molecule has 0 amide bonds. The molecule has 1 aromatic rings. The van der Waals surface area contributed by atoms with Crippen molar-refractivity contribution in [3.8, 4) is 5.75 Å². The Morgan fingerprint density at radius 1 is 1.44 bits per heavy atom. The number of nitrogens with one attached hydrogen (secondary N) is 1. The van der Waals surface area contributed by atoms with Gasteiger partial charge >= 0.3 is 0 Å². The first-order chi connectivity index (χ1) is 8.83. The van der Waals surface area contributed by atoms with Crippen LogP contribution in [0.1, 0.15) is 30.9 Å². The van der Waals surface area contributed by atoms with Crippen molar-refractivity contribution in [3.63, 3.8) is 0 Å². The van der Waals surface area contributed by atoms with Crippen LogP contribution in [-0.2, 0) is 13.0 Å². The van der Waals surface area contributed by atoms with Gasteiger partial charge in [0, 0.05) is 19.6 Å². The molecule has 3 heteroatoms. The van der Waals surface area contributed by atoms with Crippen molar-refractivity contribution >= 4 is 0 Å². The minimum atomic E-state index is 0.288. The molecule has 0 saturated heterocycles. The van der Waals surface area contributed by atoms with Gasteiger partial charge in [0.05, 0.1) is 6.61 Å². The second kappa shape index (κ2) is 6.76. The molecule has 2 N–H and O–H groups in total. The highest BCUT2D eigenvalue weighted by Crippen LogP contribution is 2.25. The highest BCUT2D eigenvalue weighted by Gasteiger charge is 2.12. The van der Waals surface area contributed by atoms with E-state index in [0.717, 1.165) is 44.7 Å². The van der Waals surface area contributed by atoms with E-state index in [1.807, 2.05) is 0 Å². The fraction of sp³-hybridized carbons (Fsp3) is 0.600. The van der Waals surface area contributed by atoms with E-state index in [1.54, 1.807) is 0 Å². The second-order valence-corrected chi connectivity index (χ2v) is 4.96. The van der Waals surface area contributed by atoms with E-state index in [4.69, 9.17) is 9.84 Å². The molecule has 0 aliphatic carbocycles. The molecule has 3 nitrogen and oxygen atoms in total. The van der Waals surface area contributed by atoms with E-state index in [9.17, 15) is 0 Å². The van der Waals surface area contributed by atoms with Gasteiger partial charge < -0.3 is 15.2 Å². The quantitative estimate of drug-likeness (QED) is 0.778. The summed E-state index contributed by atoms with van der Waals surface area (Å²) in [5, 5.41) is 12.4. The number of rotatable bonds is 7. The summed E-state index contributed by atoms with van der Waals surface area (Å²) < 4.78 is 5.50. The highest BCUT2D eigenvalue weighted by molar-refractivity contribution is 5.39. The van der Waals surface area contributed by atoms with Crippen molar-refractivity contribution in [2.75, 3.05) is 19.8 Å². The maximum atomic E-state index is 8.95. The first-order valence-electron chi connectivity index (χ1n) is 6.89. The van der Waals surface area contributed by atoms with E-state index in [-0.39, 0.29) is 6.61 Å². The largest absolute Gasteiger partial charge is 0.493 e. The zero-order valence-electron chi connectivity index (χ0n) is 11.1. The summed E-state index contributed by atoms with van der Waals surface area (Å²) in [6.07, 6.45) is 3.04. The van der Waals surface area contributed by atoms with Gasteiger partial charge in [0.2, 0.25) is 0 Å². The molecular formula is C15H23NO2. The normalized spacial score (nSPS) is 15.2. The minimum Gasteiger partial charge on any atom is -0.493 e. The Kier molecular flexibility index (Phi) is 5.02. The topological polar surface area (TPSA) is 41.5 Å². The predicted molar refractivity (Wildman–Crippen MR) is 72.8 cm³/mol. The monoisotopic (exact) mass is 249 g/mol. The maximum Gasteiger partial charge on any atom is 0.122 e. The summed E-state index contributed by atoms with van der Waals surface area (Å²) in [7, 11) is 0. The molecule has 1 aromatic carbocycles. The van der Waals surface area contributed by atoms with Crippen molar-refractivity contribution in [1.82, 2.24) is 5.32 Å². The molecule has 1 atom stereocenters. The third-order valence-electron chi connectivity index (χ3n) is 3.63. The summed E-state index contributed by atoms with van der Waals surface area (Å²) >= 11 is 0. The first-order valence-corrected chi connectivity index (χ1v) is 6.89. The van der Waals surface area contributed by atoms with Crippen LogP contribution in [0.5, 0.6) is 5.75 Å². The van der Waals surface area contributed by atoms with Crippen LogP contribution in [0.2, 0.25) is 0 Å². The maximum absolute atomic E-state index is 8.95. The third kappa shape index (κ3) is 3.47. The molecule has 2 rings (SSSR count). The fourth-order valence-corrected chi connectivity index (χ4v) is 2.40. The lowest BCUT2D eigenvalue weighted by Crippen LogP contribution is -2.22. The molecule has 0 bridgehead atoms. The summed E-state index contributed by atoms with van der Waals surface area (Å²) in [5.41, 5.74) is 2.65. The number of fused-ring (bicyclic) bond motifs is 1. The van der Waals surface area contributed by atoms with Crippen LogP contribution in [0.3, 0.4) is 0 Å². The lowest BCUT2D eigenvalue weighted by Gasteiger charge is -2.14. The Labute approximate surface area is 109 Å². The molecule has 100 valence electrons. The van der Waals surface area contributed by atoms with E-state index in [2.05, 4.69) is 30.4 Å².